The number of anilines is 4. The number of nitrogens with zero attached hydrogens (tertiary/aromatic N) is 6. The molecule has 21 heteroatoms. The predicted molar refractivity (Wildman–Crippen MR) is 305 cm³/mol. The lowest BCUT2D eigenvalue weighted by Gasteiger charge is -2.59. The largest absolute Gasteiger partial charge is 0.490 e. The maximum atomic E-state index is 15.0. The molecule has 6 aromatic rings. The van der Waals surface area contributed by atoms with Crippen molar-refractivity contribution in [3.8, 4) is 11.6 Å². The molecule has 5 aliphatic heterocycles. The molecule has 7 aliphatic rings. The molecule has 2 aliphatic carbocycles. The van der Waals surface area contributed by atoms with Crippen LogP contribution in [0.25, 0.3) is 11.0 Å². The number of ether oxygens (including phenoxy) is 3. The number of nitrogens with one attached hydrogen (secondary N) is 3. The van der Waals surface area contributed by atoms with E-state index in [1.165, 1.54) is 29.3 Å². The van der Waals surface area contributed by atoms with Crippen LogP contribution in [0.4, 0.5) is 37.2 Å². The van der Waals surface area contributed by atoms with Gasteiger partial charge in [-0.15, -0.1) is 0 Å². The number of sulfonamides is 1. The summed E-state index contributed by atoms with van der Waals surface area (Å²) in [5.41, 5.74) is 4.99. The van der Waals surface area contributed by atoms with E-state index in [2.05, 4.69) is 65.8 Å². The molecule has 2 aromatic heterocycles. The van der Waals surface area contributed by atoms with Crippen LogP contribution >= 0.6 is 0 Å². The first-order valence-corrected chi connectivity index (χ1v) is 30.4. The fourth-order valence-electron chi connectivity index (χ4n) is 14.4. The summed E-state index contributed by atoms with van der Waals surface area (Å²) in [6.07, 6.45) is 9.32. The van der Waals surface area contributed by atoms with Gasteiger partial charge in [-0.05, 0) is 143 Å². The van der Waals surface area contributed by atoms with Gasteiger partial charge < -0.3 is 39.4 Å². The topological polar surface area (TPSA) is 208 Å². The van der Waals surface area contributed by atoms with Crippen LogP contribution in [-0.4, -0.2) is 127 Å². The highest BCUT2D eigenvalue weighted by Gasteiger charge is 2.51. The number of piperidine rings is 1. The molecule has 13 rings (SSSR count). The van der Waals surface area contributed by atoms with Crippen molar-refractivity contribution in [2.75, 3.05) is 74.2 Å². The van der Waals surface area contributed by atoms with Crippen LogP contribution < -0.4 is 29.3 Å². The molecular formula is C61H69F2N9O9S. The van der Waals surface area contributed by atoms with E-state index in [0.717, 1.165) is 88.4 Å². The van der Waals surface area contributed by atoms with Gasteiger partial charge in [-0.3, -0.25) is 24.7 Å². The van der Waals surface area contributed by atoms with E-state index in [-0.39, 0.29) is 53.1 Å². The molecule has 4 aromatic carbocycles. The average molecular weight is 1140 g/mol. The molecule has 4 atom stereocenters. The second-order valence-electron chi connectivity index (χ2n) is 24.2. The maximum Gasteiger partial charge on any atom is 0.293 e. The Labute approximate surface area is 475 Å². The molecule has 0 radical (unpaired) electrons. The fraction of sp³-hybridized carbons (Fsp3) is 0.475. The first-order chi connectivity index (χ1) is 39.5. The number of hydrogen-bond acceptors (Lipinski definition) is 15. The first-order valence-electron chi connectivity index (χ1n) is 28.9. The molecule has 3 saturated heterocycles. The summed E-state index contributed by atoms with van der Waals surface area (Å²) >= 11 is 0. The number of carbonyl (C=O) groups is 1. The van der Waals surface area contributed by atoms with Crippen LogP contribution in [0, 0.1) is 40.0 Å². The van der Waals surface area contributed by atoms with Gasteiger partial charge in [-0.2, -0.15) is 9.37 Å². The number of halogens is 2. The van der Waals surface area contributed by atoms with Crippen molar-refractivity contribution >= 4 is 55.4 Å². The number of fused-ring (bicyclic) bond motifs is 4. The summed E-state index contributed by atoms with van der Waals surface area (Å²) in [6.45, 7) is 9.34. The summed E-state index contributed by atoms with van der Waals surface area (Å²) in [7, 11) is -4.66. The number of aliphatic hydroxyl groups is 1. The summed E-state index contributed by atoms with van der Waals surface area (Å²) in [5.74, 6) is -2.18. The normalized spacial score (nSPS) is 25.7. The smallest absolute Gasteiger partial charge is 0.293 e. The van der Waals surface area contributed by atoms with Crippen molar-refractivity contribution in [2.45, 2.75) is 119 Å². The Morgan fingerprint density at radius 3 is 2.50 bits per heavy atom. The number of pyridine rings is 1. The predicted octanol–water partition coefficient (Wildman–Crippen LogP) is 9.85. The highest BCUT2D eigenvalue weighted by molar-refractivity contribution is 7.90. The van der Waals surface area contributed by atoms with E-state index in [9.17, 15) is 32.8 Å². The van der Waals surface area contributed by atoms with Crippen LogP contribution in [0.5, 0.6) is 11.6 Å². The van der Waals surface area contributed by atoms with Crippen molar-refractivity contribution in [2.24, 2.45) is 11.3 Å². The molecule has 4 N–H and O–H groups in total. The van der Waals surface area contributed by atoms with Gasteiger partial charge in [0.15, 0.2) is 11.6 Å². The van der Waals surface area contributed by atoms with Crippen LogP contribution in [0.15, 0.2) is 96.0 Å². The Morgan fingerprint density at radius 2 is 1.71 bits per heavy atom. The standard InChI is InChI=1S/C61H69F2N9O9S/c1-37-5-3-4-6-43(37)53-35-69(48-17-28-80-56-44(48)10-11-46(62)55(56)63)25-26-70(53)41-32-61(33-41)20-23-68(24-21-61)40-7-9-45(50(30-40)71-49-16-27-79-36-54(49)81-59-52(71)29-39-15-22-64-57(39)66-59)58(73)67-82(77,78)42-8-12-47(51(31-42)72(75)76)65-34-38-13-18-60(2,74)19-14-38/h3-12,15,22,29-31,38,41,48-49,53-54,65,74H,13-14,16-21,23-28,32-36H2,1-2H3,(H,64,66)(H,67,73)/t38?,48-,49-,53-,54-,60?/m0/s1. The van der Waals surface area contributed by atoms with Gasteiger partial charge in [0, 0.05) is 99.3 Å². The van der Waals surface area contributed by atoms with E-state index < -0.39 is 54.8 Å². The van der Waals surface area contributed by atoms with Gasteiger partial charge in [-0.1, -0.05) is 30.3 Å². The Morgan fingerprint density at radius 1 is 0.902 bits per heavy atom. The third-order valence-electron chi connectivity index (χ3n) is 19.1. The number of benzene rings is 4. The van der Waals surface area contributed by atoms with Crippen molar-refractivity contribution in [3.05, 3.63) is 135 Å². The summed E-state index contributed by atoms with van der Waals surface area (Å²) in [5, 5.41) is 26.8. The zero-order valence-corrected chi connectivity index (χ0v) is 46.9. The molecule has 7 heterocycles. The van der Waals surface area contributed by atoms with Crippen LogP contribution in [-0.2, 0) is 14.8 Å². The molecule has 82 heavy (non-hydrogen) atoms. The third kappa shape index (κ3) is 10.2. The minimum atomic E-state index is -4.66. The molecule has 1 amide bonds. The van der Waals surface area contributed by atoms with Crippen LogP contribution in [0.3, 0.4) is 0 Å². The second kappa shape index (κ2) is 21.4. The summed E-state index contributed by atoms with van der Waals surface area (Å²) in [4.78, 5) is 43.7. The van der Waals surface area contributed by atoms with E-state index in [4.69, 9.17) is 19.2 Å². The quantitative estimate of drug-likeness (QED) is 0.0664. The third-order valence-corrected chi connectivity index (χ3v) is 20.4. The number of aryl methyl sites for hydroxylation is 1. The van der Waals surface area contributed by atoms with Gasteiger partial charge in [0.25, 0.3) is 21.6 Å². The lowest BCUT2D eigenvalue weighted by molar-refractivity contribution is -0.384. The van der Waals surface area contributed by atoms with Gasteiger partial charge in [0.05, 0.1) is 45.9 Å². The number of nitro groups is 1. The lowest BCUT2D eigenvalue weighted by Crippen LogP contribution is -2.60. The van der Waals surface area contributed by atoms with Gasteiger partial charge in [0.2, 0.25) is 11.7 Å². The molecular weight excluding hydrogens is 1070 g/mol. The SMILES string of the molecule is Cc1ccccc1[C@@H]1CN([C@H]2CCOc3c2ccc(F)c3F)CCN1C1CC2(CCN(c3ccc(C(=O)NS(=O)(=O)c4ccc(NCC5CCC(C)(O)CC5)c([N+](=O)[O-])c4)c(N4c5cc6cc[nH]c6nc5O[C@H]5COCC[C@@H]54)c3)CC2)C1. The number of H-pyrrole nitrogens is 1. The number of aromatic amines is 1. The molecule has 18 nitrogen and oxygen atoms in total. The van der Waals surface area contributed by atoms with Gasteiger partial charge in [0.1, 0.15) is 23.1 Å². The fourth-order valence-corrected chi connectivity index (χ4v) is 15.4. The number of aromatic nitrogens is 2. The van der Waals surface area contributed by atoms with Crippen molar-refractivity contribution < 1.29 is 46.2 Å². The maximum absolute atomic E-state index is 15.0. The van der Waals surface area contributed by atoms with Crippen LogP contribution in [0.2, 0.25) is 0 Å². The monoisotopic (exact) mass is 1140 g/mol. The molecule has 432 valence electrons. The first kappa shape index (κ1) is 54.3. The molecule has 5 fully saturated rings. The summed E-state index contributed by atoms with van der Waals surface area (Å²) < 4.78 is 78.3. The van der Waals surface area contributed by atoms with Gasteiger partial charge >= 0.3 is 0 Å². The number of nitro benzene ring substituents is 1. The zero-order valence-electron chi connectivity index (χ0n) is 46.1. The second-order valence-corrected chi connectivity index (χ2v) is 25.8. The highest BCUT2D eigenvalue weighted by Crippen LogP contribution is 2.54. The zero-order chi connectivity index (χ0) is 56.7. The molecule has 0 unspecified atom stereocenters. The number of rotatable bonds is 12. The van der Waals surface area contributed by atoms with E-state index in [1.807, 2.05) is 31.2 Å². The Bertz CT molecular complexity index is 3560. The van der Waals surface area contributed by atoms with Crippen molar-refractivity contribution in [3.63, 3.8) is 0 Å². The number of piperazine rings is 1. The van der Waals surface area contributed by atoms with Crippen LogP contribution in [0.1, 0.15) is 110 Å². The van der Waals surface area contributed by atoms with E-state index in [1.54, 1.807) is 18.3 Å². The molecule has 2 saturated carbocycles. The molecule has 0 bridgehead atoms. The van der Waals surface area contributed by atoms with Crippen molar-refractivity contribution in [1.82, 2.24) is 24.5 Å². The number of hydrogen-bond donors (Lipinski definition) is 4. The Balaban J connectivity index is 0.756. The highest BCUT2D eigenvalue weighted by atomic mass is 32.2. The van der Waals surface area contributed by atoms with E-state index in [0.29, 0.717) is 79.9 Å². The lowest BCUT2D eigenvalue weighted by atomic mass is 9.59. The number of amides is 1. The van der Waals surface area contributed by atoms with Crippen molar-refractivity contribution in [1.29, 1.82) is 0 Å². The minimum absolute atomic E-state index is 0.0306. The molecule has 1 spiro atoms. The van der Waals surface area contributed by atoms with Gasteiger partial charge in [-0.25, -0.2) is 17.5 Å². The summed E-state index contributed by atoms with van der Waals surface area (Å²) in [6, 6.07) is 24.5. The Kier molecular flexibility index (Phi) is 14.2. The number of carbonyl (C=O) groups excluding carboxylic acids is 1. The van der Waals surface area contributed by atoms with E-state index >= 15 is 4.39 Å². The Hall–Kier alpha value is -6.91. The average Bonchev–Trinajstić information content (AvgIpc) is 2.87. The minimum Gasteiger partial charge on any atom is -0.490 e.